The molecule has 1 saturated heterocycles. The second kappa shape index (κ2) is 9.51. The summed E-state index contributed by atoms with van der Waals surface area (Å²) in [6.45, 7) is 11.2. The minimum absolute atomic E-state index is 0.0749. The van der Waals surface area contributed by atoms with Crippen LogP contribution in [0.5, 0.6) is 0 Å². The Morgan fingerprint density at radius 1 is 1.32 bits per heavy atom. The van der Waals surface area contributed by atoms with Crippen LogP contribution in [0.4, 0.5) is 0 Å². The van der Waals surface area contributed by atoms with Gasteiger partial charge in [0, 0.05) is 0 Å². The van der Waals surface area contributed by atoms with Crippen LogP contribution < -0.4 is 5.49 Å². The van der Waals surface area contributed by atoms with Gasteiger partial charge in [0.2, 0.25) is 0 Å². The summed E-state index contributed by atoms with van der Waals surface area (Å²) in [6, 6.07) is 9.02. The van der Waals surface area contributed by atoms with Gasteiger partial charge < -0.3 is 0 Å². The Morgan fingerprint density at radius 2 is 2.03 bits per heavy atom. The molecule has 2 aromatic heterocycles. The number of benzene rings is 1. The zero-order valence-electron chi connectivity index (χ0n) is 20.6. The summed E-state index contributed by atoms with van der Waals surface area (Å²) in [7, 11) is -2.03. The maximum atomic E-state index is 13.5. The van der Waals surface area contributed by atoms with Gasteiger partial charge in [-0.3, -0.25) is 0 Å². The number of aromatic nitrogens is 4. The Morgan fingerprint density at radius 3 is 2.68 bits per heavy atom. The van der Waals surface area contributed by atoms with Crippen molar-refractivity contribution in [2.75, 3.05) is 0 Å². The summed E-state index contributed by atoms with van der Waals surface area (Å²) in [5.74, 6) is 2.10. The molecule has 3 heterocycles. The van der Waals surface area contributed by atoms with Gasteiger partial charge in [0.15, 0.2) is 0 Å². The molecule has 10 heteroatoms. The average Bonchev–Trinajstić information content (AvgIpc) is 3.40. The van der Waals surface area contributed by atoms with Crippen molar-refractivity contribution >= 4 is 40.2 Å². The summed E-state index contributed by atoms with van der Waals surface area (Å²) in [6.07, 6.45) is 1.39. The van der Waals surface area contributed by atoms with E-state index in [1.54, 1.807) is 16.7 Å². The third-order valence-electron chi connectivity index (χ3n) is 6.83. The quantitative estimate of drug-likeness (QED) is 0.339. The molecule has 8 nitrogen and oxygen atoms in total. The normalized spacial score (nSPS) is 21.3. The summed E-state index contributed by atoms with van der Waals surface area (Å²) in [5, 5.41) is 9.91. The Kier molecular flexibility index (Phi) is 6.99. The number of nitrogens with zero attached hydrogens (tertiary/aromatic N) is 3. The van der Waals surface area contributed by atoms with Crippen molar-refractivity contribution in [1.29, 1.82) is 5.41 Å². The molecule has 0 bridgehead atoms. The molecular weight excluding hydrogens is 513 g/mol. The van der Waals surface area contributed by atoms with Crippen molar-refractivity contribution in [2.24, 2.45) is 0 Å². The number of nitrogens with one attached hydrogen (secondary N) is 2. The molecule has 0 unspecified atom stereocenters. The number of hydrogen-bond donors (Lipinski definition) is 2. The van der Waals surface area contributed by atoms with E-state index in [4.69, 9.17) is 14.6 Å². The van der Waals surface area contributed by atoms with Crippen LogP contribution in [-0.4, -0.2) is 60.8 Å². The molecule has 182 valence electrons. The van der Waals surface area contributed by atoms with E-state index in [1.807, 2.05) is 18.2 Å². The fraction of sp³-hybridized carbons (Fsp3) is 0.500. The molecular formula is C24H33N5O3SeSi. The van der Waals surface area contributed by atoms with Crippen LogP contribution in [-0.2, 0) is 9.16 Å². The van der Waals surface area contributed by atoms with Crippen molar-refractivity contribution in [3.63, 3.8) is 0 Å². The summed E-state index contributed by atoms with van der Waals surface area (Å²) >= 11 is 0.400. The zero-order chi connectivity index (χ0) is 24.7. The van der Waals surface area contributed by atoms with E-state index in [9.17, 15) is 4.79 Å². The fourth-order valence-electron chi connectivity index (χ4n) is 3.94. The fourth-order valence-corrected chi connectivity index (χ4v) is 6.60. The molecule has 4 rings (SSSR count). The number of ketones is 1. The van der Waals surface area contributed by atoms with E-state index in [1.165, 1.54) is 6.33 Å². The Labute approximate surface area is 207 Å². The van der Waals surface area contributed by atoms with E-state index < -0.39 is 14.5 Å². The van der Waals surface area contributed by atoms with Gasteiger partial charge in [-0.05, 0) is 0 Å². The third-order valence-corrected chi connectivity index (χ3v) is 12.7. The average molecular weight is 547 g/mol. The van der Waals surface area contributed by atoms with Gasteiger partial charge >= 0.3 is 208 Å². The molecule has 0 amide bonds. The van der Waals surface area contributed by atoms with Gasteiger partial charge in [0.1, 0.15) is 0 Å². The Bertz CT molecular complexity index is 1230. The molecule has 3 aromatic rings. The summed E-state index contributed by atoms with van der Waals surface area (Å²) in [5.41, 5.74) is 1.48. The molecule has 1 fully saturated rings. The molecule has 0 saturated carbocycles. The molecule has 2 N–H and O–H groups in total. The number of hydrogen-bond acceptors (Lipinski definition) is 6. The monoisotopic (exact) mass is 547 g/mol. The van der Waals surface area contributed by atoms with E-state index in [-0.39, 0.29) is 34.3 Å². The Balaban J connectivity index is 1.77. The molecule has 1 aliphatic rings. The number of imidazole rings is 1. The van der Waals surface area contributed by atoms with Crippen LogP contribution in [0, 0.1) is 5.41 Å². The third kappa shape index (κ3) is 4.70. The van der Waals surface area contributed by atoms with E-state index in [2.05, 4.69) is 54.6 Å². The maximum absolute atomic E-state index is 13.5. The predicted octanol–water partition coefficient (Wildman–Crippen LogP) is 4.32. The van der Waals surface area contributed by atoms with Gasteiger partial charge in [-0.2, -0.15) is 0 Å². The number of rotatable bonds is 7. The van der Waals surface area contributed by atoms with Crippen LogP contribution in [0.2, 0.25) is 29.3 Å². The zero-order valence-corrected chi connectivity index (χ0v) is 23.3. The van der Waals surface area contributed by atoms with Crippen LogP contribution in [0.1, 0.15) is 49.6 Å². The number of H-pyrrole nitrogens is 1. The van der Waals surface area contributed by atoms with Crippen LogP contribution in [0.15, 0.2) is 36.7 Å². The van der Waals surface area contributed by atoms with E-state index in [0.29, 0.717) is 38.1 Å². The number of carbonyl (C=O) groups excluding carboxylic acids is 1. The first-order valence-electron chi connectivity index (χ1n) is 11.5. The standard InChI is InChI=1S/C24H33N5O3SeSi/c1-24(2,3)34(5,6)32-16-12-18(31-17(16)13-33-4)29-21(25)19-22(27-14-26-19)28-23(29)20(30)15-10-8-7-9-11-15/h7-11,14,16-18,25H,12-13H2,1-6H3,(H,26,27)/t16-,17-,18+/m0/s1. The summed E-state index contributed by atoms with van der Waals surface area (Å²) in [4.78, 5) is 25.3. The first-order valence-corrected chi connectivity index (χ1v) is 17.3. The minimum atomic E-state index is -2.03. The first kappa shape index (κ1) is 25.0. The SMILES string of the molecule is C[Se]C[C@@H]1O[C@@H](n2c(C(=O)c3ccccc3)nc3nc[nH]c3c2=N)C[C@@H]1O[Si](C)(C)C(C)(C)C. The van der Waals surface area contributed by atoms with Crippen molar-refractivity contribution in [3.05, 3.63) is 53.5 Å². The van der Waals surface area contributed by atoms with Crippen LogP contribution in [0.3, 0.4) is 0 Å². The first-order chi connectivity index (χ1) is 16.0. The molecule has 0 aliphatic carbocycles. The van der Waals surface area contributed by atoms with Gasteiger partial charge in [-0.1, -0.05) is 0 Å². The van der Waals surface area contributed by atoms with Gasteiger partial charge in [0.05, 0.1) is 0 Å². The van der Waals surface area contributed by atoms with Gasteiger partial charge in [-0.25, -0.2) is 0 Å². The molecule has 0 spiro atoms. The number of ether oxygens (including phenoxy) is 1. The topological polar surface area (TPSA) is 106 Å². The number of fused-ring (bicyclic) bond motifs is 1. The van der Waals surface area contributed by atoms with Crippen molar-refractivity contribution < 1.29 is 14.0 Å². The number of aromatic amines is 1. The second-order valence-corrected chi connectivity index (χ2v) is 16.9. The molecule has 1 aliphatic heterocycles. The second-order valence-electron chi connectivity index (χ2n) is 10.2. The molecule has 34 heavy (non-hydrogen) atoms. The van der Waals surface area contributed by atoms with Gasteiger partial charge in [-0.15, -0.1) is 0 Å². The van der Waals surface area contributed by atoms with Gasteiger partial charge in [0.25, 0.3) is 0 Å². The van der Waals surface area contributed by atoms with E-state index >= 15 is 0 Å². The summed E-state index contributed by atoms with van der Waals surface area (Å²) < 4.78 is 14.9. The molecule has 0 radical (unpaired) electrons. The van der Waals surface area contributed by atoms with Crippen molar-refractivity contribution in [2.45, 2.75) is 74.9 Å². The van der Waals surface area contributed by atoms with Crippen LogP contribution >= 0.6 is 0 Å². The molecule has 3 atom stereocenters. The van der Waals surface area contributed by atoms with Crippen molar-refractivity contribution in [3.8, 4) is 0 Å². The molecule has 1 aromatic carbocycles. The van der Waals surface area contributed by atoms with E-state index in [0.717, 1.165) is 5.32 Å². The Hall–Kier alpha value is -2.10. The predicted molar refractivity (Wildman–Crippen MR) is 135 cm³/mol. The number of carbonyl (C=O) groups is 1. The van der Waals surface area contributed by atoms with Crippen LogP contribution in [0.25, 0.3) is 11.2 Å². The van der Waals surface area contributed by atoms with Crippen molar-refractivity contribution in [1.82, 2.24) is 19.5 Å².